The van der Waals surface area contributed by atoms with Gasteiger partial charge in [0.05, 0.1) is 33.9 Å². The van der Waals surface area contributed by atoms with Crippen LogP contribution in [0.5, 0.6) is 0 Å². The molecule has 0 bridgehead atoms. The molecular formula is C78H65N21Pt4-8. The normalized spacial score (nSPS) is 10.5. The summed E-state index contributed by atoms with van der Waals surface area (Å²) in [5.74, 6) is 1.26. The van der Waals surface area contributed by atoms with Crippen molar-refractivity contribution < 1.29 is 103 Å². The van der Waals surface area contributed by atoms with Gasteiger partial charge in [-0.1, -0.05) is 95.7 Å². The predicted molar refractivity (Wildman–Crippen MR) is 365 cm³/mol. The first-order chi connectivity index (χ1) is 48.3. The van der Waals surface area contributed by atoms with Crippen molar-refractivity contribution in [3.63, 3.8) is 0 Å². The summed E-state index contributed by atoms with van der Waals surface area (Å²) >= 11 is 0. The molecule has 0 aliphatic rings. The van der Waals surface area contributed by atoms with Crippen molar-refractivity contribution in [2.24, 2.45) is 28.2 Å². The number of imidazole rings is 5. The van der Waals surface area contributed by atoms with Crippen molar-refractivity contribution in [1.82, 2.24) is 83.5 Å². The van der Waals surface area contributed by atoms with Gasteiger partial charge < -0.3 is 71.9 Å². The molecule has 25 heteroatoms. The second kappa shape index (κ2) is 36.6. The maximum absolute atomic E-state index is 4.72. The molecule has 0 unspecified atom stereocenters. The van der Waals surface area contributed by atoms with Crippen molar-refractivity contribution in [3.05, 3.63) is 332 Å². The quantitative estimate of drug-likeness (QED) is 0.0666. The average molecular weight is 2080 g/mol. The molecule has 0 spiro atoms. The van der Waals surface area contributed by atoms with Gasteiger partial charge in [0.15, 0.2) is 0 Å². The fraction of sp³-hybridized carbons (Fsp3) is 0.141. The first-order valence-electron chi connectivity index (χ1n) is 31.8. The summed E-state index contributed by atoms with van der Waals surface area (Å²) in [5, 5.41) is 16.3. The number of benzene rings is 4. The topological polar surface area (TPSA) is 208 Å². The van der Waals surface area contributed by atoms with Crippen LogP contribution in [0.2, 0.25) is 0 Å². The van der Waals surface area contributed by atoms with Gasteiger partial charge in [0.2, 0.25) is 25.3 Å². The molecule has 0 amide bonds. The molecule has 4 aromatic carbocycles. The summed E-state index contributed by atoms with van der Waals surface area (Å²) in [6, 6.07) is 61.6. The Morgan fingerprint density at radius 3 is 1.10 bits per heavy atom. The second-order valence-electron chi connectivity index (χ2n) is 23.4. The monoisotopic (exact) mass is 2080 g/mol. The third-order valence-electron chi connectivity index (χ3n) is 15.3. The van der Waals surface area contributed by atoms with Gasteiger partial charge >= 0.3 is 0 Å². The summed E-state index contributed by atoms with van der Waals surface area (Å²) in [6.07, 6.45) is 37.9. The van der Waals surface area contributed by atoms with Crippen LogP contribution in [0.3, 0.4) is 0 Å². The fourth-order valence-electron chi connectivity index (χ4n) is 10.6. The van der Waals surface area contributed by atoms with Crippen LogP contribution < -0.4 is 38.4 Å². The van der Waals surface area contributed by atoms with Gasteiger partial charge in [0.25, 0.3) is 0 Å². The number of hydrogen-bond donors (Lipinski definition) is 0. The Morgan fingerprint density at radius 1 is 0.388 bits per heavy atom. The van der Waals surface area contributed by atoms with Crippen LogP contribution in [-0.2, 0) is 138 Å². The van der Waals surface area contributed by atoms with E-state index in [0.717, 1.165) is 113 Å². The zero-order chi connectivity index (χ0) is 68.0. The Bertz CT molecular complexity index is 4690. The van der Waals surface area contributed by atoms with Gasteiger partial charge in [0, 0.05) is 186 Å². The van der Waals surface area contributed by atoms with Crippen molar-refractivity contribution in [3.8, 4) is 68.6 Å². The molecule has 16 aromatic rings. The molecule has 0 atom stereocenters. The van der Waals surface area contributed by atoms with Crippen LogP contribution in [0.1, 0.15) is 62.1 Å². The largest absolute Gasteiger partial charge is 0.658 e. The van der Waals surface area contributed by atoms with E-state index in [1.54, 1.807) is 18.6 Å². The maximum atomic E-state index is 4.72. The van der Waals surface area contributed by atoms with E-state index < -0.39 is 0 Å². The minimum absolute atomic E-state index is 0. The van der Waals surface area contributed by atoms with Crippen LogP contribution in [0.15, 0.2) is 220 Å². The van der Waals surface area contributed by atoms with E-state index in [1.165, 1.54) is 6.33 Å². The van der Waals surface area contributed by atoms with Crippen molar-refractivity contribution >= 4 is 0 Å². The molecule has 16 rings (SSSR count). The van der Waals surface area contributed by atoms with Gasteiger partial charge in [-0.25, -0.2) is 19.9 Å². The molecule has 12 heterocycles. The zero-order valence-electron chi connectivity index (χ0n) is 56.8. The van der Waals surface area contributed by atoms with Crippen molar-refractivity contribution in [1.29, 1.82) is 0 Å². The first-order valence-corrected chi connectivity index (χ1v) is 31.8. The Balaban J connectivity index is 0.000000157. The molecule has 0 fully saturated rings. The van der Waals surface area contributed by atoms with E-state index in [0.29, 0.717) is 43.0 Å². The smallest absolute Gasteiger partial charge is 0.241 e. The number of aryl methyl sites for hydroxylation is 7. The molecule has 0 saturated carbocycles. The van der Waals surface area contributed by atoms with E-state index in [-0.39, 0.29) is 84.3 Å². The van der Waals surface area contributed by atoms with Crippen LogP contribution in [0, 0.1) is 70.3 Å². The van der Waals surface area contributed by atoms with Gasteiger partial charge in [-0.15, -0.1) is 0 Å². The Hall–Kier alpha value is -10.2. The summed E-state index contributed by atoms with van der Waals surface area (Å²) in [5.41, 5.74) is 19.5. The van der Waals surface area contributed by atoms with Gasteiger partial charge in [-0.3, -0.25) is 9.97 Å². The Kier molecular flexibility index (Phi) is 27.4. The van der Waals surface area contributed by atoms with E-state index in [9.17, 15) is 0 Å². The Labute approximate surface area is 655 Å². The molecule has 530 valence electrons. The number of rotatable bonds is 16. The van der Waals surface area contributed by atoms with Crippen LogP contribution in [-0.4, -0.2) is 63.4 Å². The van der Waals surface area contributed by atoms with Crippen molar-refractivity contribution in [2.45, 2.75) is 46.5 Å². The predicted octanol–water partition coefficient (Wildman–Crippen LogP) is 7.94. The standard InChI is InChI=1S/2C20H17N5.C19H16N6.C19H15N5.4Pt/c1-15-11-20(23-22-15)19-8-4-6-17(21-19)12-16-5-3-7-18(13-16)25-10-9-24(2)14-25;1-15-6-7-19(22-15)20-21-9-8-17(23-20)12-16-4-3-5-18(13-16)25-11-10-24(2)14-25;1-14-10-18(23-22-14)19-20-7-6-16(21-19)11-15-4-3-5-17(12-15)25-9-8-24(2)13-25;1-23-8-9-24(14-23)17-6-2-4-15(11-17)10-16-5-3-7-18(22-16)19-12-20-13-21-19;;;;/h2*3-11H,12H2,1-2H3;3-10H,11H2,1-2H3;2-9,12-13H,10H2,1H3;;;;/q4*-2;;;;. The zero-order valence-corrected chi connectivity index (χ0v) is 65.9. The molecule has 0 saturated heterocycles. The van der Waals surface area contributed by atoms with Crippen LogP contribution in [0.25, 0.3) is 68.6 Å². The summed E-state index contributed by atoms with van der Waals surface area (Å²) < 4.78 is 15.2. The molecule has 0 aliphatic carbocycles. The van der Waals surface area contributed by atoms with Gasteiger partial charge in [0.1, 0.15) is 11.6 Å². The number of nitrogens with zero attached hydrogens (tertiary/aromatic N) is 21. The number of aromatic nitrogens is 21. The second-order valence-corrected chi connectivity index (χ2v) is 23.4. The number of hydrogen-bond acceptors (Lipinski definition) is 9. The molecule has 0 N–H and O–H groups in total. The SMILES string of the molecule is C[n+]1[c-]n(-c2[c-]c(Cc3cccc(-c4cnc[n-]4)n3)ccc2)cc1.Cc1cc(-c2cccc(Cc3[c-]c(-n4[c-][n+](C)cc4)ccc3)n2)[n-]n1.Cc1cc(-c2nccc(Cc3[c-]c(-n4[c-][n+](C)cc4)ccc3)n2)[n-]n1.Cc1ccc(-c2nccc(Cc3[c-]c(-n4[c-][n+](C)cc4)ccc3)n2)[n-]1.[Pt].[Pt].[Pt].[Pt]. The third-order valence-corrected chi connectivity index (χ3v) is 15.3. The molecule has 12 aromatic heterocycles. The molecule has 0 aliphatic heterocycles. The summed E-state index contributed by atoms with van der Waals surface area (Å²) in [7, 11) is 7.78. The molecule has 103 heavy (non-hydrogen) atoms. The van der Waals surface area contributed by atoms with E-state index in [2.05, 4.69) is 128 Å². The third kappa shape index (κ3) is 21.0. The van der Waals surface area contributed by atoms with Gasteiger partial charge in [-0.2, -0.15) is 125 Å². The molecule has 21 nitrogen and oxygen atoms in total. The molecule has 0 radical (unpaired) electrons. The van der Waals surface area contributed by atoms with Gasteiger partial charge in [-0.05, 0) is 81.6 Å². The first kappa shape index (κ1) is 77.0. The fourth-order valence-corrected chi connectivity index (χ4v) is 10.6. The summed E-state index contributed by atoms with van der Waals surface area (Å²) in [4.78, 5) is 39.9. The van der Waals surface area contributed by atoms with Crippen molar-refractivity contribution in [2.75, 3.05) is 0 Å². The number of pyridine rings is 2. The summed E-state index contributed by atoms with van der Waals surface area (Å²) in [6.45, 7) is 5.80. The maximum Gasteiger partial charge on any atom is 0.241 e. The Morgan fingerprint density at radius 2 is 0.757 bits per heavy atom. The average Bonchev–Trinajstić information content (AvgIpc) is 1.84. The van der Waals surface area contributed by atoms with Crippen LogP contribution in [0.4, 0.5) is 0 Å². The van der Waals surface area contributed by atoms with Crippen LogP contribution >= 0.6 is 0 Å². The van der Waals surface area contributed by atoms with E-state index in [1.807, 2.05) is 262 Å². The van der Waals surface area contributed by atoms with E-state index in [4.69, 9.17) is 4.98 Å². The minimum atomic E-state index is 0. The molecular weight excluding hydrogens is 2010 g/mol. The van der Waals surface area contributed by atoms with E-state index >= 15 is 0 Å². The minimum Gasteiger partial charge on any atom is -0.658 e.